The Labute approximate surface area is 143 Å². The predicted molar refractivity (Wildman–Crippen MR) is 91.8 cm³/mol. The van der Waals surface area contributed by atoms with Gasteiger partial charge in [0.05, 0.1) is 16.1 Å². The molecule has 138 valence electrons. The molecule has 0 aliphatic carbocycles. The third-order valence-corrected chi connectivity index (χ3v) is 6.78. The minimum atomic E-state index is -4.29. The summed E-state index contributed by atoms with van der Waals surface area (Å²) in [6, 6.07) is 5.29. The topological polar surface area (TPSA) is 34.1 Å². The van der Waals surface area contributed by atoms with Crippen molar-refractivity contribution in [2.24, 2.45) is 0 Å². The van der Waals surface area contributed by atoms with Crippen LogP contribution in [-0.4, -0.2) is 18.9 Å². The van der Waals surface area contributed by atoms with E-state index in [1.54, 1.807) is 20.8 Å². The molecule has 0 aromatic heterocycles. The van der Waals surface area contributed by atoms with Gasteiger partial charge in [0.2, 0.25) is 0 Å². The van der Waals surface area contributed by atoms with Gasteiger partial charge in [0.15, 0.2) is 9.84 Å². The highest BCUT2D eigenvalue weighted by atomic mass is 32.2. The number of alkyl halides is 3. The molecule has 0 fully saturated rings. The quantitative estimate of drug-likeness (QED) is 0.578. The number of hydrogen-bond acceptors (Lipinski definition) is 2. The fourth-order valence-corrected chi connectivity index (χ4v) is 3.51. The Morgan fingerprint density at radius 1 is 0.833 bits per heavy atom. The summed E-state index contributed by atoms with van der Waals surface area (Å²) in [6.45, 7) is 5.14. The van der Waals surface area contributed by atoms with Gasteiger partial charge in [-0.25, -0.2) is 8.42 Å². The molecule has 0 aliphatic rings. The summed E-state index contributed by atoms with van der Waals surface area (Å²) >= 11 is 0. The van der Waals surface area contributed by atoms with Crippen LogP contribution in [0.15, 0.2) is 24.3 Å². The molecule has 0 N–H and O–H groups in total. The number of benzene rings is 1. The molecule has 0 heterocycles. The molecule has 0 saturated heterocycles. The molecular weight excluding hydrogens is 337 g/mol. The van der Waals surface area contributed by atoms with Crippen LogP contribution >= 0.6 is 0 Å². The van der Waals surface area contributed by atoms with Gasteiger partial charge in [-0.1, -0.05) is 31.4 Å². The number of unbranched alkanes of at least 4 members (excludes halogenated alkanes) is 4. The van der Waals surface area contributed by atoms with Gasteiger partial charge in [-0.15, -0.1) is 0 Å². The van der Waals surface area contributed by atoms with Crippen LogP contribution in [0.1, 0.15) is 64.0 Å². The first-order chi connectivity index (χ1) is 10.9. The monoisotopic (exact) mass is 364 g/mol. The summed E-state index contributed by atoms with van der Waals surface area (Å²) in [6.07, 6.45) is 0.792. The van der Waals surface area contributed by atoms with Crippen LogP contribution in [-0.2, 0) is 22.4 Å². The molecule has 1 rings (SSSR count). The maximum atomic E-state index is 12.5. The zero-order chi connectivity index (χ0) is 18.4. The van der Waals surface area contributed by atoms with Crippen molar-refractivity contribution in [3.05, 3.63) is 35.4 Å². The van der Waals surface area contributed by atoms with Crippen LogP contribution in [0, 0.1) is 0 Å². The van der Waals surface area contributed by atoms with Crippen molar-refractivity contribution in [1.82, 2.24) is 0 Å². The van der Waals surface area contributed by atoms with E-state index in [1.165, 1.54) is 12.1 Å². The molecule has 2 nitrogen and oxygen atoms in total. The Balaban J connectivity index is 2.21. The lowest BCUT2D eigenvalue weighted by Crippen LogP contribution is -2.30. The normalized spacial score (nSPS) is 13.2. The lowest BCUT2D eigenvalue weighted by molar-refractivity contribution is -0.137. The summed E-state index contributed by atoms with van der Waals surface area (Å²) < 4.78 is 60.6. The maximum Gasteiger partial charge on any atom is 0.416 e. The molecule has 0 amide bonds. The smallest absolute Gasteiger partial charge is 0.228 e. The van der Waals surface area contributed by atoms with E-state index in [9.17, 15) is 21.6 Å². The molecule has 0 aliphatic heterocycles. The van der Waals surface area contributed by atoms with Gasteiger partial charge in [-0.05, 0) is 57.7 Å². The van der Waals surface area contributed by atoms with E-state index in [2.05, 4.69) is 0 Å². The maximum absolute atomic E-state index is 12.5. The first-order valence-electron chi connectivity index (χ1n) is 8.32. The van der Waals surface area contributed by atoms with E-state index >= 15 is 0 Å². The van der Waals surface area contributed by atoms with E-state index in [1.807, 2.05) is 0 Å². The zero-order valence-corrected chi connectivity index (χ0v) is 15.4. The van der Waals surface area contributed by atoms with Crippen molar-refractivity contribution in [1.29, 1.82) is 0 Å². The van der Waals surface area contributed by atoms with Crippen molar-refractivity contribution in [2.45, 2.75) is 70.2 Å². The summed E-state index contributed by atoms with van der Waals surface area (Å²) in [5.74, 6) is 0.218. The summed E-state index contributed by atoms with van der Waals surface area (Å²) in [7, 11) is -3.04. The van der Waals surface area contributed by atoms with E-state index in [0.29, 0.717) is 6.42 Å². The molecule has 1 aromatic carbocycles. The van der Waals surface area contributed by atoms with Crippen LogP contribution < -0.4 is 0 Å². The summed E-state index contributed by atoms with van der Waals surface area (Å²) in [5, 5.41) is 0. The first-order valence-corrected chi connectivity index (χ1v) is 9.97. The second-order valence-corrected chi connectivity index (χ2v) is 10.0. The van der Waals surface area contributed by atoms with E-state index in [0.717, 1.165) is 49.8 Å². The van der Waals surface area contributed by atoms with E-state index in [4.69, 9.17) is 0 Å². The van der Waals surface area contributed by atoms with Gasteiger partial charge in [0.25, 0.3) is 0 Å². The molecule has 0 atom stereocenters. The highest BCUT2D eigenvalue weighted by Gasteiger charge is 2.30. The average Bonchev–Trinajstić information content (AvgIpc) is 2.44. The highest BCUT2D eigenvalue weighted by molar-refractivity contribution is 7.92. The lowest BCUT2D eigenvalue weighted by atomic mass is 10.0. The molecule has 0 unspecified atom stereocenters. The van der Waals surface area contributed by atoms with Gasteiger partial charge in [0, 0.05) is 0 Å². The Morgan fingerprint density at radius 2 is 1.33 bits per heavy atom. The van der Waals surface area contributed by atoms with Gasteiger partial charge < -0.3 is 0 Å². The minimum Gasteiger partial charge on any atom is -0.228 e. The number of hydrogen-bond donors (Lipinski definition) is 0. The van der Waals surface area contributed by atoms with Crippen molar-refractivity contribution in [3.63, 3.8) is 0 Å². The van der Waals surface area contributed by atoms with Gasteiger partial charge in [0.1, 0.15) is 0 Å². The highest BCUT2D eigenvalue weighted by Crippen LogP contribution is 2.29. The van der Waals surface area contributed by atoms with Crippen LogP contribution in [0.2, 0.25) is 0 Å². The Bertz CT molecular complexity index is 597. The van der Waals surface area contributed by atoms with E-state index < -0.39 is 26.3 Å². The van der Waals surface area contributed by atoms with Gasteiger partial charge in [-0.3, -0.25) is 0 Å². The molecule has 0 spiro atoms. The minimum absolute atomic E-state index is 0.218. The molecular formula is C18H27F3O2S. The number of rotatable bonds is 8. The predicted octanol–water partition coefficient (Wildman–Crippen LogP) is 5.41. The number of aryl methyl sites for hydroxylation is 1. The largest absolute Gasteiger partial charge is 0.416 e. The fraction of sp³-hybridized carbons (Fsp3) is 0.667. The second kappa shape index (κ2) is 8.37. The van der Waals surface area contributed by atoms with Crippen LogP contribution in [0.25, 0.3) is 0 Å². The first kappa shape index (κ1) is 21.0. The Hall–Kier alpha value is -1.04. The number of halogens is 3. The van der Waals surface area contributed by atoms with Gasteiger partial charge in [-0.2, -0.15) is 13.2 Å². The third kappa shape index (κ3) is 6.83. The summed E-state index contributed by atoms with van der Waals surface area (Å²) in [5.41, 5.74) is 0.282. The molecule has 24 heavy (non-hydrogen) atoms. The average molecular weight is 364 g/mol. The summed E-state index contributed by atoms with van der Waals surface area (Å²) in [4.78, 5) is 0. The molecule has 0 bridgehead atoms. The molecule has 0 saturated carbocycles. The molecule has 6 heteroatoms. The number of sulfone groups is 1. The second-order valence-electron chi connectivity index (χ2n) is 7.14. The van der Waals surface area contributed by atoms with Crippen molar-refractivity contribution < 1.29 is 21.6 Å². The Morgan fingerprint density at radius 3 is 1.83 bits per heavy atom. The van der Waals surface area contributed by atoms with Gasteiger partial charge >= 0.3 is 6.18 Å². The Kier molecular flexibility index (Phi) is 7.32. The third-order valence-electron chi connectivity index (χ3n) is 4.09. The zero-order valence-electron chi connectivity index (χ0n) is 14.6. The van der Waals surface area contributed by atoms with Crippen LogP contribution in [0.5, 0.6) is 0 Å². The molecule has 0 radical (unpaired) electrons. The SMILES string of the molecule is CC(C)(C)S(=O)(=O)CCCCCCCc1ccc(C(F)(F)F)cc1. The van der Waals surface area contributed by atoms with Crippen LogP contribution in [0.4, 0.5) is 13.2 Å². The van der Waals surface area contributed by atoms with Crippen LogP contribution in [0.3, 0.4) is 0 Å². The standard InChI is InChI=1S/C18H27F3O2S/c1-17(2,3)24(22,23)14-8-6-4-5-7-9-15-10-12-16(13-11-15)18(19,20)21/h10-13H,4-9,14H2,1-3H3. The van der Waals surface area contributed by atoms with Crippen molar-refractivity contribution in [2.75, 3.05) is 5.75 Å². The lowest BCUT2D eigenvalue weighted by Gasteiger charge is -2.18. The molecule has 1 aromatic rings. The van der Waals surface area contributed by atoms with Crippen molar-refractivity contribution >= 4 is 9.84 Å². The van der Waals surface area contributed by atoms with E-state index in [-0.39, 0.29) is 5.75 Å². The van der Waals surface area contributed by atoms with Crippen molar-refractivity contribution in [3.8, 4) is 0 Å². The fourth-order valence-electron chi connectivity index (χ4n) is 2.32.